The van der Waals surface area contributed by atoms with Gasteiger partial charge in [0.15, 0.2) is 5.96 Å². The molecule has 0 amide bonds. The van der Waals surface area contributed by atoms with Crippen LogP contribution in [0.4, 0.5) is 0 Å². The minimum atomic E-state index is 0. The summed E-state index contributed by atoms with van der Waals surface area (Å²) in [6.07, 6.45) is 8.62. The Morgan fingerprint density at radius 3 is 2.69 bits per heavy atom. The Labute approximate surface area is 177 Å². The maximum absolute atomic E-state index is 4.73. The lowest BCUT2D eigenvalue weighted by Crippen LogP contribution is -2.42. The Bertz CT molecular complexity index is 704. The lowest BCUT2D eigenvalue weighted by molar-refractivity contribution is 0.633. The first-order valence-corrected chi connectivity index (χ1v) is 9.88. The van der Waals surface area contributed by atoms with Crippen LogP contribution in [0.3, 0.4) is 0 Å². The number of guanidine groups is 1. The number of aryl methyl sites for hydroxylation is 2. The first-order valence-electron chi connectivity index (χ1n) is 9.00. The Hall–Kier alpha value is -1.41. The van der Waals surface area contributed by atoms with E-state index in [-0.39, 0.29) is 24.0 Å². The number of rotatable bonds is 7. The number of benzene rings is 1. The summed E-state index contributed by atoms with van der Waals surface area (Å²) >= 11 is 1.74. The molecule has 0 saturated heterocycles. The number of thiazole rings is 1. The van der Waals surface area contributed by atoms with Crippen LogP contribution in [-0.4, -0.2) is 23.5 Å². The fourth-order valence-electron chi connectivity index (χ4n) is 2.84. The van der Waals surface area contributed by atoms with Crippen LogP contribution >= 0.6 is 35.3 Å². The number of aliphatic imine (C=N–C) groups is 1. The van der Waals surface area contributed by atoms with E-state index in [4.69, 9.17) is 4.98 Å². The molecule has 1 aliphatic rings. The molecule has 0 spiro atoms. The summed E-state index contributed by atoms with van der Waals surface area (Å²) < 4.78 is 0. The van der Waals surface area contributed by atoms with Crippen molar-refractivity contribution in [3.63, 3.8) is 0 Å². The van der Waals surface area contributed by atoms with Crippen molar-refractivity contribution in [3.05, 3.63) is 64.1 Å². The van der Waals surface area contributed by atoms with Crippen molar-refractivity contribution in [2.45, 2.75) is 45.2 Å². The Morgan fingerprint density at radius 1 is 1.19 bits per heavy atom. The van der Waals surface area contributed by atoms with Gasteiger partial charge in [-0.2, -0.15) is 0 Å². The van der Waals surface area contributed by atoms with Crippen LogP contribution in [0.2, 0.25) is 0 Å². The highest BCUT2D eigenvalue weighted by Crippen LogP contribution is 2.14. The molecule has 0 atom stereocenters. The molecule has 0 radical (unpaired) electrons. The standard InChI is InChI=1S/C20H26N4S.HI/c1-2-21-20(24-17-10-6-7-11-17)22-14-18-15-25-19(23-18)13-12-16-8-4-3-5-9-16;/h3-9,15,17H,2,10-14H2,1H3,(H2,21,22,24);1H. The van der Waals surface area contributed by atoms with Gasteiger partial charge in [-0.15, -0.1) is 35.3 Å². The van der Waals surface area contributed by atoms with Gasteiger partial charge in [0.05, 0.1) is 17.2 Å². The smallest absolute Gasteiger partial charge is 0.191 e. The SMILES string of the molecule is CCNC(=NCc1csc(CCc2ccccc2)n1)NC1CC=CC1.I. The molecule has 1 aromatic carbocycles. The largest absolute Gasteiger partial charge is 0.357 e. The van der Waals surface area contributed by atoms with Gasteiger partial charge in [0.25, 0.3) is 0 Å². The lowest BCUT2D eigenvalue weighted by Gasteiger charge is -2.16. The highest BCUT2D eigenvalue weighted by molar-refractivity contribution is 14.0. The van der Waals surface area contributed by atoms with Crippen molar-refractivity contribution in [1.29, 1.82) is 0 Å². The number of aromatic nitrogens is 1. The second kappa shape index (κ2) is 11.3. The van der Waals surface area contributed by atoms with Crippen molar-refractivity contribution in [2.24, 2.45) is 4.99 Å². The fraction of sp³-hybridized carbons (Fsp3) is 0.400. The third-order valence-corrected chi connectivity index (χ3v) is 5.12. The molecule has 1 heterocycles. The van der Waals surface area contributed by atoms with Crippen molar-refractivity contribution < 1.29 is 0 Å². The van der Waals surface area contributed by atoms with E-state index in [1.807, 2.05) is 0 Å². The number of nitrogens with zero attached hydrogens (tertiary/aromatic N) is 2. The molecule has 3 rings (SSSR count). The first kappa shape index (κ1) is 20.9. The van der Waals surface area contributed by atoms with Crippen LogP contribution in [0.25, 0.3) is 0 Å². The molecule has 26 heavy (non-hydrogen) atoms. The molecule has 0 bridgehead atoms. The van der Waals surface area contributed by atoms with E-state index in [0.717, 1.165) is 43.9 Å². The van der Waals surface area contributed by atoms with Gasteiger partial charge < -0.3 is 10.6 Å². The van der Waals surface area contributed by atoms with E-state index >= 15 is 0 Å². The molecule has 0 unspecified atom stereocenters. The van der Waals surface area contributed by atoms with Crippen molar-refractivity contribution >= 4 is 41.3 Å². The van der Waals surface area contributed by atoms with Gasteiger partial charge >= 0.3 is 0 Å². The summed E-state index contributed by atoms with van der Waals surface area (Å²) in [5.41, 5.74) is 2.41. The summed E-state index contributed by atoms with van der Waals surface area (Å²) in [4.78, 5) is 9.42. The number of hydrogen-bond acceptors (Lipinski definition) is 3. The highest BCUT2D eigenvalue weighted by Gasteiger charge is 2.11. The maximum Gasteiger partial charge on any atom is 0.191 e. The molecule has 6 heteroatoms. The average Bonchev–Trinajstić information content (AvgIpc) is 3.31. The van der Waals surface area contributed by atoms with Crippen molar-refractivity contribution in [2.75, 3.05) is 6.54 Å². The predicted molar refractivity (Wildman–Crippen MR) is 121 cm³/mol. The zero-order valence-corrected chi connectivity index (χ0v) is 18.3. The van der Waals surface area contributed by atoms with Crippen LogP contribution < -0.4 is 10.6 Å². The third kappa shape index (κ3) is 6.72. The van der Waals surface area contributed by atoms with E-state index in [9.17, 15) is 0 Å². The minimum absolute atomic E-state index is 0. The van der Waals surface area contributed by atoms with Gasteiger partial charge in [-0.25, -0.2) is 9.98 Å². The van der Waals surface area contributed by atoms with Crippen LogP contribution in [0.1, 0.15) is 36.0 Å². The molecule has 0 aliphatic heterocycles. The van der Waals surface area contributed by atoms with E-state index in [1.165, 1.54) is 10.6 Å². The van der Waals surface area contributed by atoms with Crippen LogP contribution in [0, 0.1) is 0 Å². The van der Waals surface area contributed by atoms with Crippen LogP contribution in [0.5, 0.6) is 0 Å². The monoisotopic (exact) mass is 482 g/mol. The molecular formula is C20H27IN4S. The van der Waals surface area contributed by atoms with Gasteiger partial charge in [0.1, 0.15) is 0 Å². The molecule has 0 fully saturated rings. The summed E-state index contributed by atoms with van der Waals surface area (Å²) in [7, 11) is 0. The number of nitrogens with one attached hydrogen (secondary N) is 2. The predicted octanol–water partition coefficient (Wildman–Crippen LogP) is 4.32. The molecule has 2 aromatic rings. The number of halogens is 1. The van der Waals surface area contributed by atoms with E-state index in [0.29, 0.717) is 12.6 Å². The fourth-order valence-corrected chi connectivity index (χ4v) is 3.63. The van der Waals surface area contributed by atoms with E-state index in [2.05, 4.69) is 70.4 Å². The van der Waals surface area contributed by atoms with Crippen LogP contribution in [-0.2, 0) is 19.4 Å². The van der Waals surface area contributed by atoms with Crippen LogP contribution in [0.15, 0.2) is 52.9 Å². The van der Waals surface area contributed by atoms with Gasteiger partial charge in [0.2, 0.25) is 0 Å². The average molecular weight is 482 g/mol. The van der Waals surface area contributed by atoms with E-state index < -0.39 is 0 Å². The van der Waals surface area contributed by atoms with Gasteiger partial charge in [-0.05, 0) is 31.7 Å². The van der Waals surface area contributed by atoms with Gasteiger partial charge in [-0.3, -0.25) is 0 Å². The zero-order valence-electron chi connectivity index (χ0n) is 15.1. The molecular weight excluding hydrogens is 455 g/mol. The molecule has 4 nitrogen and oxygen atoms in total. The normalized spacial score (nSPS) is 14.3. The lowest BCUT2D eigenvalue weighted by atomic mass is 10.1. The summed E-state index contributed by atoms with van der Waals surface area (Å²) in [6, 6.07) is 11.0. The molecule has 1 aliphatic carbocycles. The minimum Gasteiger partial charge on any atom is -0.357 e. The van der Waals surface area contributed by atoms with Crippen molar-refractivity contribution in [3.8, 4) is 0 Å². The quantitative estimate of drug-likeness (QED) is 0.268. The summed E-state index contributed by atoms with van der Waals surface area (Å²) in [5, 5.41) is 10.1. The third-order valence-electron chi connectivity index (χ3n) is 4.16. The molecule has 1 aromatic heterocycles. The maximum atomic E-state index is 4.73. The van der Waals surface area contributed by atoms with Gasteiger partial charge in [0, 0.05) is 24.4 Å². The van der Waals surface area contributed by atoms with Gasteiger partial charge in [-0.1, -0.05) is 42.5 Å². The molecule has 2 N–H and O–H groups in total. The molecule has 0 saturated carbocycles. The Balaban J connectivity index is 0.00000243. The first-order chi connectivity index (χ1) is 12.3. The summed E-state index contributed by atoms with van der Waals surface area (Å²) in [6.45, 7) is 3.58. The number of hydrogen-bond donors (Lipinski definition) is 2. The second-order valence-corrected chi connectivity index (χ2v) is 7.14. The topological polar surface area (TPSA) is 49.3 Å². The summed E-state index contributed by atoms with van der Waals surface area (Å²) in [5.74, 6) is 0.884. The Morgan fingerprint density at radius 2 is 1.96 bits per heavy atom. The Kier molecular flexibility index (Phi) is 9.11. The molecule has 140 valence electrons. The zero-order chi connectivity index (χ0) is 17.3. The second-order valence-electron chi connectivity index (χ2n) is 6.20. The van der Waals surface area contributed by atoms with Crippen molar-refractivity contribution in [1.82, 2.24) is 15.6 Å². The highest BCUT2D eigenvalue weighted by atomic mass is 127. The van der Waals surface area contributed by atoms with E-state index in [1.54, 1.807) is 11.3 Å².